The molecule has 3 amide bonds. The molecule has 2 aromatic carbocycles. The molecule has 0 fully saturated rings. The van der Waals surface area contributed by atoms with Crippen LogP contribution < -0.4 is 25.4 Å². The van der Waals surface area contributed by atoms with Gasteiger partial charge in [0.25, 0.3) is 5.91 Å². The zero-order valence-corrected chi connectivity index (χ0v) is 16.5. The molecule has 8 heteroatoms. The summed E-state index contributed by atoms with van der Waals surface area (Å²) in [4.78, 5) is 35.7. The lowest BCUT2D eigenvalue weighted by atomic mass is 10.1. The quantitative estimate of drug-likeness (QED) is 0.515. The van der Waals surface area contributed by atoms with Crippen LogP contribution in [0.15, 0.2) is 48.5 Å². The summed E-state index contributed by atoms with van der Waals surface area (Å²) in [6.07, 6.45) is 0.182. The fraction of sp³-hybridized carbons (Fsp3) is 0.286. The third-order valence-corrected chi connectivity index (χ3v) is 4.03. The van der Waals surface area contributed by atoms with Gasteiger partial charge in [-0.25, -0.2) is 0 Å². The lowest BCUT2D eigenvalue weighted by molar-refractivity contribution is -0.122. The number of carbonyl (C=O) groups is 3. The van der Waals surface area contributed by atoms with Crippen LogP contribution in [0.4, 0.5) is 0 Å². The van der Waals surface area contributed by atoms with Crippen molar-refractivity contribution < 1.29 is 23.9 Å². The number of benzene rings is 2. The van der Waals surface area contributed by atoms with Crippen LogP contribution in [0, 0.1) is 0 Å². The Kier molecular flexibility index (Phi) is 8.50. The molecule has 0 unspecified atom stereocenters. The highest BCUT2D eigenvalue weighted by Crippen LogP contribution is 2.27. The molecule has 0 radical (unpaired) electrons. The maximum absolute atomic E-state index is 12.0. The van der Waals surface area contributed by atoms with Gasteiger partial charge in [0.15, 0.2) is 11.5 Å². The normalized spacial score (nSPS) is 10.0. The van der Waals surface area contributed by atoms with E-state index in [0.717, 1.165) is 5.56 Å². The van der Waals surface area contributed by atoms with E-state index in [1.54, 1.807) is 49.6 Å². The van der Waals surface area contributed by atoms with Crippen LogP contribution in [-0.2, 0) is 16.0 Å². The van der Waals surface area contributed by atoms with Gasteiger partial charge in [0.05, 0.1) is 27.2 Å². The molecule has 0 aromatic heterocycles. The van der Waals surface area contributed by atoms with Crippen LogP contribution in [0.1, 0.15) is 15.9 Å². The van der Waals surface area contributed by atoms with E-state index >= 15 is 0 Å². The minimum absolute atomic E-state index is 0.132. The Balaban J connectivity index is 1.65. The van der Waals surface area contributed by atoms with Crippen LogP contribution in [-0.4, -0.2) is 51.6 Å². The van der Waals surface area contributed by atoms with Gasteiger partial charge in [0.1, 0.15) is 0 Å². The first-order valence-electron chi connectivity index (χ1n) is 9.11. The van der Waals surface area contributed by atoms with E-state index in [2.05, 4.69) is 16.0 Å². The van der Waals surface area contributed by atoms with E-state index in [0.29, 0.717) is 17.1 Å². The summed E-state index contributed by atoms with van der Waals surface area (Å²) in [5, 5.41) is 7.91. The van der Waals surface area contributed by atoms with Gasteiger partial charge in [0.2, 0.25) is 11.8 Å². The molecule has 0 aliphatic heterocycles. The van der Waals surface area contributed by atoms with Gasteiger partial charge < -0.3 is 25.4 Å². The molecule has 0 aliphatic rings. The molecular weight excluding hydrogens is 374 g/mol. The standard InChI is InChI=1S/C21H25N3O5/c1-28-17-9-8-15(12-18(17)29-2)13-19(25)22-10-11-23-20(26)14-24-21(27)16-6-4-3-5-7-16/h3-9,12H,10-11,13-14H2,1-2H3,(H,22,25)(H,23,26)(H,24,27). The predicted molar refractivity (Wildman–Crippen MR) is 108 cm³/mol. The summed E-state index contributed by atoms with van der Waals surface area (Å²) in [5.74, 6) is 0.331. The average Bonchev–Trinajstić information content (AvgIpc) is 2.75. The Hall–Kier alpha value is -3.55. The van der Waals surface area contributed by atoms with Gasteiger partial charge in [-0.2, -0.15) is 0 Å². The number of rotatable bonds is 10. The highest BCUT2D eigenvalue weighted by Gasteiger charge is 2.09. The molecule has 0 saturated carbocycles. The second-order valence-corrected chi connectivity index (χ2v) is 6.11. The molecule has 0 aliphatic carbocycles. The Labute approximate surface area is 169 Å². The van der Waals surface area contributed by atoms with Crippen LogP contribution in [0.3, 0.4) is 0 Å². The average molecular weight is 399 g/mol. The molecule has 29 heavy (non-hydrogen) atoms. The van der Waals surface area contributed by atoms with E-state index in [1.807, 2.05) is 6.07 Å². The van der Waals surface area contributed by atoms with E-state index in [4.69, 9.17) is 9.47 Å². The summed E-state index contributed by atoms with van der Waals surface area (Å²) in [7, 11) is 3.08. The molecule has 154 valence electrons. The van der Waals surface area contributed by atoms with Crippen molar-refractivity contribution in [3.8, 4) is 11.5 Å². The summed E-state index contributed by atoms with van der Waals surface area (Å²) in [6.45, 7) is 0.412. The van der Waals surface area contributed by atoms with Crippen molar-refractivity contribution >= 4 is 17.7 Å². The Bertz CT molecular complexity index is 839. The molecule has 2 rings (SSSR count). The maximum Gasteiger partial charge on any atom is 0.251 e. The molecule has 8 nitrogen and oxygen atoms in total. The largest absolute Gasteiger partial charge is 0.493 e. The predicted octanol–water partition coefficient (Wildman–Crippen LogP) is 0.909. The number of amides is 3. The second kappa shape index (κ2) is 11.3. The minimum Gasteiger partial charge on any atom is -0.493 e. The smallest absolute Gasteiger partial charge is 0.251 e. The third-order valence-electron chi connectivity index (χ3n) is 4.03. The molecule has 0 atom stereocenters. The number of hydrogen-bond acceptors (Lipinski definition) is 5. The number of methoxy groups -OCH3 is 2. The van der Waals surface area contributed by atoms with Crippen molar-refractivity contribution in [3.05, 3.63) is 59.7 Å². The SMILES string of the molecule is COc1ccc(CC(=O)NCCNC(=O)CNC(=O)c2ccccc2)cc1OC. The number of hydrogen-bond donors (Lipinski definition) is 3. The van der Waals surface area contributed by atoms with Gasteiger partial charge in [-0.1, -0.05) is 24.3 Å². The summed E-state index contributed by atoms with van der Waals surface area (Å²) in [5.41, 5.74) is 1.27. The molecular formula is C21H25N3O5. The van der Waals surface area contributed by atoms with E-state index in [-0.39, 0.29) is 43.8 Å². The summed E-state index contributed by atoms with van der Waals surface area (Å²) < 4.78 is 10.4. The van der Waals surface area contributed by atoms with Crippen LogP contribution >= 0.6 is 0 Å². The van der Waals surface area contributed by atoms with E-state index in [9.17, 15) is 14.4 Å². The van der Waals surface area contributed by atoms with Gasteiger partial charge >= 0.3 is 0 Å². The molecule has 0 heterocycles. The number of carbonyl (C=O) groups excluding carboxylic acids is 3. The van der Waals surface area contributed by atoms with Crippen molar-refractivity contribution in [1.29, 1.82) is 0 Å². The highest BCUT2D eigenvalue weighted by molar-refractivity contribution is 5.96. The maximum atomic E-state index is 12.0. The zero-order chi connectivity index (χ0) is 21.1. The molecule has 0 saturated heterocycles. The van der Waals surface area contributed by atoms with Gasteiger partial charge in [0, 0.05) is 18.7 Å². The molecule has 2 aromatic rings. The van der Waals surface area contributed by atoms with Crippen molar-refractivity contribution in [2.45, 2.75) is 6.42 Å². The molecule has 0 bridgehead atoms. The van der Waals surface area contributed by atoms with E-state index in [1.165, 1.54) is 7.11 Å². The monoisotopic (exact) mass is 399 g/mol. The lowest BCUT2D eigenvalue weighted by Crippen LogP contribution is -2.40. The number of ether oxygens (including phenoxy) is 2. The van der Waals surface area contributed by atoms with Crippen LogP contribution in [0.5, 0.6) is 11.5 Å². The van der Waals surface area contributed by atoms with Crippen molar-refractivity contribution in [1.82, 2.24) is 16.0 Å². The Morgan fingerprint density at radius 1 is 0.793 bits per heavy atom. The van der Waals surface area contributed by atoms with Crippen LogP contribution in [0.25, 0.3) is 0 Å². The topological polar surface area (TPSA) is 106 Å². The highest BCUT2D eigenvalue weighted by atomic mass is 16.5. The zero-order valence-electron chi connectivity index (χ0n) is 16.5. The molecule has 3 N–H and O–H groups in total. The first-order chi connectivity index (χ1) is 14.0. The fourth-order valence-electron chi connectivity index (χ4n) is 2.56. The van der Waals surface area contributed by atoms with E-state index < -0.39 is 0 Å². The minimum atomic E-state index is -0.330. The molecule has 0 spiro atoms. The van der Waals surface area contributed by atoms with Crippen LogP contribution in [0.2, 0.25) is 0 Å². The first kappa shape index (κ1) is 21.7. The fourth-order valence-corrected chi connectivity index (χ4v) is 2.56. The Morgan fingerprint density at radius 3 is 2.10 bits per heavy atom. The Morgan fingerprint density at radius 2 is 1.45 bits per heavy atom. The lowest BCUT2D eigenvalue weighted by Gasteiger charge is -2.10. The van der Waals surface area contributed by atoms with Gasteiger partial charge in [-0.05, 0) is 29.8 Å². The van der Waals surface area contributed by atoms with Crippen molar-refractivity contribution in [2.75, 3.05) is 33.9 Å². The van der Waals surface area contributed by atoms with Crippen molar-refractivity contribution in [2.24, 2.45) is 0 Å². The number of nitrogens with one attached hydrogen (secondary N) is 3. The van der Waals surface area contributed by atoms with Gasteiger partial charge in [-0.3, -0.25) is 14.4 Å². The third kappa shape index (κ3) is 7.17. The summed E-state index contributed by atoms with van der Waals surface area (Å²) >= 11 is 0. The second-order valence-electron chi connectivity index (χ2n) is 6.11. The van der Waals surface area contributed by atoms with Gasteiger partial charge in [-0.15, -0.1) is 0 Å². The van der Waals surface area contributed by atoms with Crippen molar-refractivity contribution in [3.63, 3.8) is 0 Å². The first-order valence-corrected chi connectivity index (χ1v) is 9.11. The summed E-state index contributed by atoms with van der Waals surface area (Å²) in [6, 6.07) is 13.9.